The molecule has 0 radical (unpaired) electrons. The van der Waals surface area contributed by atoms with Gasteiger partial charge in [-0.05, 0) is 44.0 Å². The van der Waals surface area contributed by atoms with Gasteiger partial charge < -0.3 is 10.1 Å². The van der Waals surface area contributed by atoms with Crippen molar-refractivity contribution >= 4 is 28.1 Å². The Morgan fingerprint density at radius 2 is 1.91 bits per heavy atom. The highest BCUT2D eigenvalue weighted by Gasteiger charge is 2.23. The number of Topliss-reactive ketones (excluding diaryl/α,β-unsaturated/α-hetero) is 1. The monoisotopic (exact) mass is 335 g/mol. The minimum Gasteiger partial charge on any atom is -0.462 e. The number of nitrogens with one attached hydrogen (secondary N) is 1. The molecule has 4 nitrogen and oxygen atoms in total. The molecule has 0 bridgehead atoms. The highest BCUT2D eigenvalue weighted by Crippen LogP contribution is 2.34. The Morgan fingerprint density at radius 3 is 2.48 bits per heavy atom. The Bertz CT molecular complexity index is 722. The summed E-state index contributed by atoms with van der Waals surface area (Å²) in [5, 5.41) is 3.74. The van der Waals surface area contributed by atoms with Crippen molar-refractivity contribution in [3.8, 4) is 0 Å². The third-order valence-corrected chi connectivity index (χ3v) is 4.66. The molecule has 0 amide bonds. The molecule has 122 valence electrons. The van der Waals surface area contributed by atoms with Crippen molar-refractivity contribution in [2.45, 2.75) is 27.3 Å². The van der Waals surface area contributed by atoms with E-state index in [4.69, 9.17) is 4.74 Å². The first kappa shape index (κ1) is 17.1. The highest BCUT2D eigenvalue weighted by molar-refractivity contribution is 7.18. The van der Waals surface area contributed by atoms with Gasteiger partial charge in [-0.3, -0.25) is 4.79 Å². The lowest BCUT2D eigenvalue weighted by atomic mass is 10.1. The van der Waals surface area contributed by atoms with Crippen LogP contribution in [0, 0.1) is 12.7 Å². The van der Waals surface area contributed by atoms with Gasteiger partial charge in [0, 0.05) is 6.54 Å². The molecule has 1 heterocycles. The van der Waals surface area contributed by atoms with Crippen LogP contribution in [0.4, 0.5) is 9.39 Å². The van der Waals surface area contributed by atoms with Gasteiger partial charge in [0.2, 0.25) is 0 Å². The number of hydrogen-bond acceptors (Lipinski definition) is 5. The minimum atomic E-state index is -0.449. The smallest absolute Gasteiger partial charge is 0.341 e. The van der Waals surface area contributed by atoms with Crippen LogP contribution in [0.3, 0.4) is 0 Å². The number of esters is 1. The second kappa shape index (κ2) is 7.37. The highest BCUT2D eigenvalue weighted by atomic mass is 32.1. The van der Waals surface area contributed by atoms with E-state index in [9.17, 15) is 14.0 Å². The molecule has 23 heavy (non-hydrogen) atoms. The van der Waals surface area contributed by atoms with Gasteiger partial charge >= 0.3 is 5.97 Å². The molecule has 0 unspecified atom stereocenters. The molecule has 6 heteroatoms. The van der Waals surface area contributed by atoms with Crippen LogP contribution in [-0.2, 0) is 11.3 Å². The van der Waals surface area contributed by atoms with Crippen LogP contribution in [-0.4, -0.2) is 18.4 Å². The second-order valence-corrected chi connectivity index (χ2v) is 6.04. The van der Waals surface area contributed by atoms with Crippen molar-refractivity contribution < 1.29 is 18.7 Å². The van der Waals surface area contributed by atoms with Crippen molar-refractivity contribution in [2.75, 3.05) is 11.9 Å². The van der Waals surface area contributed by atoms with Crippen LogP contribution in [0.5, 0.6) is 0 Å². The average Bonchev–Trinajstić information content (AvgIpc) is 2.84. The van der Waals surface area contributed by atoms with Gasteiger partial charge in [-0.15, -0.1) is 11.3 Å². The van der Waals surface area contributed by atoms with Crippen molar-refractivity contribution in [3.05, 3.63) is 51.7 Å². The lowest BCUT2D eigenvalue weighted by Crippen LogP contribution is -2.09. The molecule has 0 aliphatic rings. The molecule has 0 saturated carbocycles. The van der Waals surface area contributed by atoms with Crippen molar-refractivity contribution in [2.24, 2.45) is 0 Å². The Labute approximate surface area is 138 Å². The van der Waals surface area contributed by atoms with E-state index in [1.165, 1.54) is 30.4 Å². The number of thiophene rings is 1. The van der Waals surface area contributed by atoms with Gasteiger partial charge in [0.05, 0.1) is 17.0 Å². The molecule has 0 saturated heterocycles. The summed E-state index contributed by atoms with van der Waals surface area (Å²) >= 11 is 1.24. The lowest BCUT2D eigenvalue weighted by molar-refractivity contribution is 0.0527. The first-order valence-corrected chi connectivity index (χ1v) is 8.05. The van der Waals surface area contributed by atoms with E-state index in [1.54, 1.807) is 26.0 Å². The maximum atomic E-state index is 12.9. The zero-order valence-corrected chi connectivity index (χ0v) is 14.1. The molecule has 2 aromatic rings. The summed E-state index contributed by atoms with van der Waals surface area (Å²) in [4.78, 5) is 24.4. The van der Waals surface area contributed by atoms with E-state index in [0.717, 1.165) is 5.56 Å². The van der Waals surface area contributed by atoms with E-state index in [2.05, 4.69) is 5.32 Å². The predicted octanol–water partition coefficient (Wildman–Crippen LogP) is 4.19. The standard InChI is InChI=1S/C17H18FNO3S/c1-4-22-17(21)14-10(2)15(11(3)20)23-16(14)19-9-12-5-7-13(18)8-6-12/h5-8,19H,4,9H2,1-3H3. The summed E-state index contributed by atoms with van der Waals surface area (Å²) in [7, 11) is 0. The molecular weight excluding hydrogens is 317 g/mol. The molecular formula is C17H18FNO3S. The number of rotatable bonds is 6. The first-order chi connectivity index (χ1) is 10.9. The van der Waals surface area contributed by atoms with E-state index in [-0.39, 0.29) is 18.2 Å². The number of carbonyl (C=O) groups is 2. The molecule has 1 aromatic carbocycles. The van der Waals surface area contributed by atoms with Gasteiger partial charge in [0.15, 0.2) is 5.78 Å². The number of ketones is 1. The van der Waals surface area contributed by atoms with E-state index in [1.807, 2.05) is 0 Å². The summed E-state index contributed by atoms with van der Waals surface area (Å²) in [6, 6.07) is 6.09. The first-order valence-electron chi connectivity index (χ1n) is 7.23. The predicted molar refractivity (Wildman–Crippen MR) is 88.7 cm³/mol. The maximum absolute atomic E-state index is 12.9. The summed E-state index contributed by atoms with van der Waals surface area (Å²) in [5.74, 6) is -0.838. The molecule has 0 fully saturated rings. The molecule has 0 aliphatic heterocycles. The molecule has 2 rings (SSSR count). The Kier molecular flexibility index (Phi) is 5.50. The van der Waals surface area contributed by atoms with E-state index in [0.29, 0.717) is 27.5 Å². The van der Waals surface area contributed by atoms with Crippen molar-refractivity contribution in [3.63, 3.8) is 0 Å². The summed E-state index contributed by atoms with van der Waals surface area (Å²) < 4.78 is 18.0. The molecule has 0 aliphatic carbocycles. The van der Waals surface area contributed by atoms with Crippen LogP contribution in [0.15, 0.2) is 24.3 Å². The van der Waals surface area contributed by atoms with Gasteiger partial charge in [-0.25, -0.2) is 9.18 Å². The largest absolute Gasteiger partial charge is 0.462 e. The number of benzene rings is 1. The van der Waals surface area contributed by atoms with Gasteiger partial charge in [-0.2, -0.15) is 0 Å². The summed E-state index contributed by atoms with van der Waals surface area (Å²) in [5.41, 5.74) is 1.89. The molecule has 0 spiro atoms. The zero-order valence-electron chi connectivity index (χ0n) is 13.2. The second-order valence-electron chi connectivity index (χ2n) is 5.02. The zero-order chi connectivity index (χ0) is 17.0. The third-order valence-electron chi connectivity index (χ3n) is 3.31. The molecule has 1 N–H and O–H groups in total. The van der Waals surface area contributed by atoms with E-state index >= 15 is 0 Å². The fourth-order valence-electron chi connectivity index (χ4n) is 2.21. The van der Waals surface area contributed by atoms with Gasteiger partial charge in [0.1, 0.15) is 10.8 Å². The Hall–Kier alpha value is -2.21. The SMILES string of the molecule is CCOC(=O)c1c(NCc2ccc(F)cc2)sc(C(C)=O)c1C. The molecule has 0 atom stereocenters. The van der Waals surface area contributed by atoms with Crippen molar-refractivity contribution in [1.29, 1.82) is 0 Å². The number of anilines is 1. The Balaban J connectivity index is 2.28. The lowest BCUT2D eigenvalue weighted by Gasteiger charge is -2.08. The van der Waals surface area contributed by atoms with Gasteiger partial charge in [-0.1, -0.05) is 12.1 Å². The number of hydrogen-bond donors (Lipinski definition) is 1. The maximum Gasteiger partial charge on any atom is 0.341 e. The van der Waals surface area contributed by atoms with Crippen LogP contribution in [0.1, 0.15) is 45.0 Å². The number of carbonyl (C=O) groups excluding carboxylic acids is 2. The van der Waals surface area contributed by atoms with Crippen LogP contribution in [0.2, 0.25) is 0 Å². The Morgan fingerprint density at radius 1 is 1.26 bits per heavy atom. The fraction of sp³-hybridized carbons (Fsp3) is 0.294. The molecule has 1 aromatic heterocycles. The topological polar surface area (TPSA) is 55.4 Å². The minimum absolute atomic E-state index is 0.0899. The normalized spacial score (nSPS) is 10.4. The van der Waals surface area contributed by atoms with E-state index < -0.39 is 5.97 Å². The van der Waals surface area contributed by atoms with Crippen LogP contribution >= 0.6 is 11.3 Å². The average molecular weight is 335 g/mol. The summed E-state index contributed by atoms with van der Waals surface area (Å²) in [6.07, 6.45) is 0. The fourth-order valence-corrected chi connectivity index (χ4v) is 3.29. The van der Waals surface area contributed by atoms with Crippen LogP contribution in [0.25, 0.3) is 0 Å². The summed E-state index contributed by atoms with van der Waals surface area (Å²) in [6.45, 7) is 5.63. The third kappa shape index (κ3) is 3.96. The van der Waals surface area contributed by atoms with Crippen LogP contribution < -0.4 is 5.32 Å². The van der Waals surface area contributed by atoms with Crippen molar-refractivity contribution in [1.82, 2.24) is 0 Å². The number of halogens is 1. The number of ether oxygens (including phenoxy) is 1. The quantitative estimate of drug-likeness (QED) is 0.635. The van der Waals surface area contributed by atoms with Gasteiger partial charge in [0.25, 0.3) is 0 Å².